The lowest BCUT2D eigenvalue weighted by Gasteiger charge is -2.27. The molecule has 0 spiro atoms. The van der Waals surface area contributed by atoms with Crippen LogP contribution in [0.25, 0.3) is 0 Å². The number of hydrogen-bond acceptors (Lipinski definition) is 2. The number of rotatable bonds is 10. The molecule has 1 aliphatic heterocycles. The zero-order valence-corrected chi connectivity index (χ0v) is 17.1. The lowest BCUT2D eigenvalue weighted by atomic mass is 10.0. The Morgan fingerprint density at radius 3 is 2.41 bits per heavy atom. The Labute approximate surface area is 160 Å². The van der Waals surface area contributed by atoms with E-state index in [0.717, 1.165) is 25.0 Å². The molecule has 0 saturated carbocycles. The lowest BCUT2D eigenvalue weighted by Crippen LogP contribution is -2.24. The molecule has 0 bridgehead atoms. The molecule has 27 heavy (non-hydrogen) atoms. The van der Waals surface area contributed by atoms with E-state index in [-0.39, 0.29) is 5.75 Å². The van der Waals surface area contributed by atoms with E-state index in [0.29, 0.717) is 12.5 Å². The van der Waals surface area contributed by atoms with Crippen LogP contribution in [0.4, 0.5) is 17.6 Å². The minimum Gasteiger partial charge on any atom is -0.493 e. The van der Waals surface area contributed by atoms with E-state index in [2.05, 4.69) is 11.7 Å². The Morgan fingerprint density at radius 2 is 1.78 bits per heavy atom. The summed E-state index contributed by atoms with van der Waals surface area (Å²) in [6, 6.07) is 7.37. The van der Waals surface area contributed by atoms with Crippen LogP contribution >= 0.6 is 0 Å². The van der Waals surface area contributed by atoms with Crippen LogP contribution in [0, 0.1) is 11.7 Å². The van der Waals surface area contributed by atoms with E-state index in [1.807, 2.05) is 0 Å². The molecule has 1 aromatic carbocycles. The number of hydrogen-bond donors (Lipinski definition) is 0. The molecule has 2 rings (SSSR count). The number of unbranched alkanes of at least 4 members (excludes halogenated alkanes) is 4. The van der Waals surface area contributed by atoms with Gasteiger partial charge >= 0.3 is 6.36 Å². The van der Waals surface area contributed by atoms with Crippen molar-refractivity contribution in [3.05, 3.63) is 24.0 Å². The van der Waals surface area contributed by atoms with Gasteiger partial charge in [-0.1, -0.05) is 57.2 Å². The Kier molecular flexibility index (Phi) is 8.92. The molecule has 7 heteroatoms. The zero-order valence-electron chi connectivity index (χ0n) is 16.0. The van der Waals surface area contributed by atoms with Gasteiger partial charge in [-0.15, -0.1) is 13.2 Å². The van der Waals surface area contributed by atoms with Crippen molar-refractivity contribution in [1.29, 1.82) is 0 Å². The monoisotopic (exact) mass is 406 g/mol. The predicted molar refractivity (Wildman–Crippen MR) is 102 cm³/mol. The first-order valence-corrected chi connectivity index (χ1v) is 12.5. The average Bonchev–Trinajstić information content (AvgIpc) is 2.62. The van der Waals surface area contributed by atoms with Gasteiger partial charge in [-0.25, -0.2) is 4.39 Å². The molecule has 0 amide bonds. The molecule has 0 radical (unpaired) electrons. The minimum atomic E-state index is -4.90. The summed E-state index contributed by atoms with van der Waals surface area (Å²) in [5, 5.41) is 0. The fourth-order valence-corrected chi connectivity index (χ4v) is 7.33. The molecule has 0 aliphatic carbocycles. The number of halogens is 4. The maximum absolute atomic E-state index is 13.7. The van der Waals surface area contributed by atoms with E-state index in [1.165, 1.54) is 56.3 Å². The molecule has 1 aliphatic rings. The van der Waals surface area contributed by atoms with Gasteiger partial charge in [0, 0.05) is 14.9 Å². The minimum absolute atomic E-state index is 0.248. The van der Waals surface area contributed by atoms with Crippen LogP contribution in [0.3, 0.4) is 0 Å². The molecule has 0 N–H and O–H groups in total. The van der Waals surface area contributed by atoms with Gasteiger partial charge in [-0.05, 0) is 30.9 Å². The highest BCUT2D eigenvalue weighted by molar-refractivity contribution is 6.58. The Morgan fingerprint density at radius 1 is 1.07 bits per heavy atom. The van der Waals surface area contributed by atoms with Crippen LogP contribution < -0.4 is 9.47 Å². The van der Waals surface area contributed by atoms with Gasteiger partial charge in [0.25, 0.3) is 0 Å². The van der Waals surface area contributed by atoms with Crippen LogP contribution in [0.15, 0.2) is 18.2 Å². The smallest absolute Gasteiger partial charge is 0.493 e. The summed E-state index contributed by atoms with van der Waals surface area (Å²) in [5.41, 5.74) is 0. The fourth-order valence-electron chi connectivity index (χ4n) is 3.72. The highest BCUT2D eigenvalue weighted by Gasteiger charge is 2.32. The van der Waals surface area contributed by atoms with Gasteiger partial charge in [0.15, 0.2) is 11.6 Å². The van der Waals surface area contributed by atoms with Crippen molar-refractivity contribution in [3.63, 3.8) is 0 Å². The summed E-state index contributed by atoms with van der Waals surface area (Å²) < 4.78 is 59.4. The average molecular weight is 407 g/mol. The maximum atomic E-state index is 13.7. The van der Waals surface area contributed by atoms with Crippen LogP contribution in [-0.4, -0.2) is 21.8 Å². The third-order valence-electron chi connectivity index (χ3n) is 5.30. The van der Waals surface area contributed by atoms with Crippen molar-refractivity contribution >= 4 is 8.80 Å². The van der Waals surface area contributed by atoms with Crippen LogP contribution in [0.1, 0.15) is 51.9 Å². The second kappa shape index (κ2) is 10.9. The first-order chi connectivity index (χ1) is 12.9. The maximum Gasteiger partial charge on any atom is 0.573 e. The standard InChI is InChI=1S/C20H30F4O2Si/c1-2-3-4-5-6-11-27-12-9-16(10-13-27)15-25-17-7-8-19(18(21)14-17)26-20(22,23)24/h7-8,14,16,27H,2-6,9-13,15H2,1H3. The highest BCUT2D eigenvalue weighted by Crippen LogP contribution is 2.31. The third-order valence-corrected chi connectivity index (χ3v) is 8.82. The summed E-state index contributed by atoms with van der Waals surface area (Å²) >= 11 is 0. The van der Waals surface area contributed by atoms with E-state index in [4.69, 9.17) is 4.74 Å². The van der Waals surface area contributed by atoms with E-state index in [1.54, 1.807) is 0 Å². The normalized spacial score (nSPS) is 20.5. The van der Waals surface area contributed by atoms with E-state index < -0.39 is 26.7 Å². The Hall–Kier alpha value is -1.24. The van der Waals surface area contributed by atoms with Gasteiger partial charge in [-0.3, -0.25) is 0 Å². The Balaban J connectivity index is 1.67. The molecular weight excluding hydrogens is 376 g/mol. The predicted octanol–water partition coefficient (Wildman–Crippen LogP) is 6.71. The van der Waals surface area contributed by atoms with Crippen LogP contribution in [0.2, 0.25) is 18.1 Å². The summed E-state index contributed by atoms with van der Waals surface area (Å²) in [4.78, 5) is 0. The molecular formula is C20H30F4O2Si. The molecule has 1 heterocycles. The molecule has 1 aromatic rings. The number of alkyl halides is 3. The van der Waals surface area contributed by atoms with Gasteiger partial charge in [0.2, 0.25) is 0 Å². The van der Waals surface area contributed by atoms with Crippen molar-refractivity contribution in [2.75, 3.05) is 6.61 Å². The summed E-state index contributed by atoms with van der Waals surface area (Å²) in [6.07, 6.45) is 4.14. The van der Waals surface area contributed by atoms with Crippen molar-refractivity contribution in [2.24, 2.45) is 5.92 Å². The van der Waals surface area contributed by atoms with Gasteiger partial charge < -0.3 is 9.47 Å². The second-order valence-electron chi connectivity index (χ2n) is 7.54. The third kappa shape index (κ3) is 8.54. The first-order valence-electron chi connectivity index (χ1n) is 10.1. The summed E-state index contributed by atoms with van der Waals surface area (Å²) in [7, 11) is -0.589. The molecule has 0 atom stereocenters. The fraction of sp³-hybridized carbons (Fsp3) is 0.700. The van der Waals surface area contributed by atoms with Gasteiger partial charge in [0.1, 0.15) is 5.75 Å². The van der Waals surface area contributed by atoms with Crippen LogP contribution in [-0.2, 0) is 0 Å². The summed E-state index contributed by atoms with van der Waals surface area (Å²) in [5.74, 6) is -1.19. The van der Waals surface area contributed by atoms with Crippen molar-refractivity contribution in [3.8, 4) is 11.5 Å². The first kappa shape index (κ1) is 22.1. The molecule has 0 aromatic heterocycles. The van der Waals surface area contributed by atoms with Crippen LogP contribution in [0.5, 0.6) is 11.5 Å². The molecule has 0 unspecified atom stereocenters. The quantitative estimate of drug-likeness (QED) is 0.244. The van der Waals surface area contributed by atoms with Gasteiger partial charge in [0.05, 0.1) is 6.61 Å². The molecule has 1 fully saturated rings. The Bertz CT molecular complexity index is 557. The molecule has 1 saturated heterocycles. The molecule has 154 valence electrons. The van der Waals surface area contributed by atoms with Crippen molar-refractivity contribution in [1.82, 2.24) is 0 Å². The topological polar surface area (TPSA) is 18.5 Å². The van der Waals surface area contributed by atoms with E-state index >= 15 is 0 Å². The lowest BCUT2D eigenvalue weighted by molar-refractivity contribution is -0.275. The second-order valence-corrected chi connectivity index (χ2v) is 11.0. The summed E-state index contributed by atoms with van der Waals surface area (Å²) in [6.45, 7) is 2.73. The molecule has 2 nitrogen and oxygen atoms in total. The van der Waals surface area contributed by atoms with Crippen molar-refractivity contribution < 1.29 is 27.0 Å². The largest absolute Gasteiger partial charge is 0.573 e. The SMILES string of the molecule is CCCCCCC[SiH]1CCC(COc2ccc(OC(F)(F)F)c(F)c2)CC1. The van der Waals surface area contributed by atoms with E-state index in [9.17, 15) is 17.6 Å². The number of benzene rings is 1. The van der Waals surface area contributed by atoms with Gasteiger partial charge in [-0.2, -0.15) is 0 Å². The van der Waals surface area contributed by atoms with Crippen molar-refractivity contribution in [2.45, 2.75) is 76.4 Å². The number of ether oxygens (including phenoxy) is 2. The highest BCUT2D eigenvalue weighted by atomic mass is 28.3. The zero-order chi connectivity index (χ0) is 19.7.